The molecule has 2 N–H and O–H groups in total. The van der Waals surface area contributed by atoms with Crippen molar-refractivity contribution in [2.45, 2.75) is 9.79 Å². The van der Waals surface area contributed by atoms with Crippen molar-refractivity contribution < 1.29 is 4.74 Å². The van der Waals surface area contributed by atoms with Gasteiger partial charge >= 0.3 is 0 Å². The number of aliphatic imine (C=N–C) groups is 2. The molecule has 0 bridgehead atoms. The van der Waals surface area contributed by atoms with Crippen LogP contribution in [0.2, 0.25) is 0 Å². The maximum absolute atomic E-state index is 5.79. The molecule has 0 fully saturated rings. The second-order valence-electron chi connectivity index (χ2n) is 6.67. The summed E-state index contributed by atoms with van der Waals surface area (Å²) in [6, 6.07) is 17.2. The van der Waals surface area contributed by atoms with Crippen molar-refractivity contribution in [2.75, 3.05) is 50.9 Å². The highest BCUT2D eigenvalue weighted by atomic mass is 35.5. The average Bonchev–Trinajstić information content (AvgIpc) is 3.48. The van der Waals surface area contributed by atoms with E-state index in [-0.39, 0.29) is 24.8 Å². The number of nitrogens with one attached hydrogen (secondary N) is 2. The highest BCUT2D eigenvalue weighted by Gasteiger charge is 2.08. The Morgan fingerprint density at radius 2 is 1.10 bits per heavy atom. The van der Waals surface area contributed by atoms with Gasteiger partial charge in [-0.15, -0.1) is 48.3 Å². The summed E-state index contributed by atoms with van der Waals surface area (Å²) in [5.41, 5.74) is 2.33. The highest BCUT2D eigenvalue weighted by Crippen LogP contribution is 2.20. The Balaban J connectivity index is 0.00000171. The zero-order valence-electron chi connectivity index (χ0n) is 17.2. The van der Waals surface area contributed by atoms with E-state index in [1.165, 1.54) is 20.9 Å². The van der Waals surface area contributed by atoms with Gasteiger partial charge in [0.15, 0.2) is 0 Å². The first-order valence-corrected chi connectivity index (χ1v) is 12.0. The average molecular weight is 500 g/mol. The van der Waals surface area contributed by atoms with Gasteiger partial charge in [0.05, 0.1) is 26.3 Å². The summed E-state index contributed by atoms with van der Waals surface area (Å²) >= 11 is 3.66. The molecule has 0 aromatic heterocycles. The lowest BCUT2D eigenvalue weighted by Gasteiger charge is -2.07. The molecule has 0 aliphatic carbocycles. The van der Waals surface area contributed by atoms with Crippen LogP contribution in [0.5, 0.6) is 0 Å². The van der Waals surface area contributed by atoms with Gasteiger partial charge in [-0.3, -0.25) is 9.98 Å². The van der Waals surface area contributed by atoms with Gasteiger partial charge in [0.25, 0.3) is 0 Å². The van der Waals surface area contributed by atoms with Crippen LogP contribution in [0.1, 0.15) is 11.1 Å². The number of hydrogen-bond acceptors (Lipinski definition) is 7. The van der Waals surface area contributed by atoms with Gasteiger partial charge in [0.1, 0.15) is 11.7 Å². The topological polar surface area (TPSA) is 58.0 Å². The zero-order valence-corrected chi connectivity index (χ0v) is 20.5. The SMILES string of the molecule is Cl.Cl.c1cc(C2=NCCN2)ccc1SCCOCCSc1ccc(C2=NCCN2)cc1. The normalized spacial score (nSPS) is 14.6. The Morgan fingerprint density at radius 3 is 1.45 bits per heavy atom. The van der Waals surface area contributed by atoms with Crippen molar-refractivity contribution in [1.82, 2.24) is 10.6 Å². The molecule has 4 rings (SSSR count). The van der Waals surface area contributed by atoms with Gasteiger partial charge < -0.3 is 15.4 Å². The minimum atomic E-state index is 0. The van der Waals surface area contributed by atoms with Crippen LogP contribution in [0.25, 0.3) is 0 Å². The Hall–Kier alpha value is -1.38. The van der Waals surface area contributed by atoms with Crippen LogP contribution >= 0.6 is 48.3 Å². The molecule has 2 aliphatic heterocycles. The van der Waals surface area contributed by atoms with Crippen LogP contribution in [0.3, 0.4) is 0 Å². The molecule has 31 heavy (non-hydrogen) atoms. The fraction of sp³-hybridized carbons (Fsp3) is 0.364. The standard InChI is InChI=1S/C22H26N4OS2.2ClH/c1-5-19(6-2-17(1)21-23-9-10-24-21)28-15-13-27-14-16-29-20-7-3-18(4-8-20)22-25-11-12-26-22;;/h1-8H,9-16H2,(H,23,24)(H,25,26);2*1H. The largest absolute Gasteiger partial charge is 0.380 e. The summed E-state index contributed by atoms with van der Waals surface area (Å²) in [5.74, 6) is 3.96. The van der Waals surface area contributed by atoms with Crippen LogP contribution in [-0.2, 0) is 4.74 Å². The smallest absolute Gasteiger partial charge is 0.128 e. The molecule has 0 amide bonds. The van der Waals surface area contributed by atoms with Gasteiger partial charge in [0, 0.05) is 45.5 Å². The summed E-state index contributed by atoms with van der Waals surface area (Å²) in [4.78, 5) is 11.4. The fourth-order valence-electron chi connectivity index (χ4n) is 3.14. The van der Waals surface area contributed by atoms with Crippen molar-refractivity contribution >= 4 is 60.0 Å². The van der Waals surface area contributed by atoms with E-state index in [4.69, 9.17) is 4.74 Å². The first kappa shape index (κ1) is 25.9. The third kappa shape index (κ3) is 7.91. The van der Waals surface area contributed by atoms with Gasteiger partial charge in [-0.2, -0.15) is 0 Å². The van der Waals surface area contributed by atoms with E-state index in [2.05, 4.69) is 69.1 Å². The molecule has 2 aliphatic rings. The molecule has 9 heteroatoms. The number of ether oxygens (including phenoxy) is 1. The fourth-order valence-corrected chi connectivity index (χ4v) is 4.67. The van der Waals surface area contributed by atoms with Crippen molar-refractivity contribution in [1.29, 1.82) is 0 Å². The molecule has 168 valence electrons. The van der Waals surface area contributed by atoms with Crippen LogP contribution in [0, 0.1) is 0 Å². The quantitative estimate of drug-likeness (QED) is 0.380. The van der Waals surface area contributed by atoms with E-state index in [1.807, 2.05) is 23.5 Å². The molecule has 0 saturated heterocycles. The number of hydrogen-bond donors (Lipinski definition) is 2. The Bertz CT molecular complexity index is 789. The summed E-state index contributed by atoms with van der Waals surface area (Å²) in [6.07, 6.45) is 0. The number of benzene rings is 2. The number of thioether (sulfide) groups is 2. The Kier molecular flexibility index (Phi) is 11.6. The third-order valence-corrected chi connectivity index (χ3v) is 6.55. The van der Waals surface area contributed by atoms with Crippen molar-refractivity contribution in [3.05, 3.63) is 59.7 Å². The number of amidine groups is 2. The Morgan fingerprint density at radius 1 is 0.677 bits per heavy atom. The molecule has 0 saturated carbocycles. The molecule has 0 radical (unpaired) electrons. The molecule has 5 nitrogen and oxygen atoms in total. The van der Waals surface area contributed by atoms with E-state index in [1.54, 1.807) is 0 Å². The van der Waals surface area contributed by atoms with Crippen molar-refractivity contribution in [2.24, 2.45) is 9.98 Å². The van der Waals surface area contributed by atoms with Crippen LogP contribution in [0.15, 0.2) is 68.3 Å². The summed E-state index contributed by atoms with van der Waals surface area (Å²) in [6.45, 7) is 5.18. The summed E-state index contributed by atoms with van der Waals surface area (Å²) < 4.78 is 5.79. The predicted molar refractivity (Wildman–Crippen MR) is 138 cm³/mol. The van der Waals surface area contributed by atoms with Crippen LogP contribution < -0.4 is 10.6 Å². The predicted octanol–water partition coefficient (Wildman–Crippen LogP) is 4.13. The molecule has 2 heterocycles. The lowest BCUT2D eigenvalue weighted by molar-refractivity contribution is 0.167. The summed E-state index contributed by atoms with van der Waals surface area (Å²) in [5, 5.41) is 6.61. The molecular formula is C22H28Cl2N4OS2. The third-order valence-electron chi connectivity index (χ3n) is 4.60. The molecule has 0 unspecified atom stereocenters. The molecule has 2 aromatic rings. The van der Waals surface area contributed by atoms with E-state index in [0.29, 0.717) is 0 Å². The van der Waals surface area contributed by atoms with E-state index >= 15 is 0 Å². The van der Waals surface area contributed by atoms with E-state index < -0.39 is 0 Å². The van der Waals surface area contributed by atoms with Gasteiger partial charge in [0.2, 0.25) is 0 Å². The van der Waals surface area contributed by atoms with E-state index in [9.17, 15) is 0 Å². The molecule has 0 atom stereocenters. The Labute approximate surface area is 205 Å². The van der Waals surface area contributed by atoms with Gasteiger partial charge in [-0.05, 0) is 24.3 Å². The first-order chi connectivity index (χ1) is 14.4. The second kappa shape index (κ2) is 13.9. The summed E-state index contributed by atoms with van der Waals surface area (Å²) in [7, 11) is 0. The second-order valence-corrected chi connectivity index (χ2v) is 9.01. The van der Waals surface area contributed by atoms with Gasteiger partial charge in [-0.1, -0.05) is 24.3 Å². The van der Waals surface area contributed by atoms with Crippen molar-refractivity contribution in [3.63, 3.8) is 0 Å². The zero-order chi connectivity index (χ0) is 19.7. The number of nitrogens with zero attached hydrogens (tertiary/aromatic N) is 2. The van der Waals surface area contributed by atoms with Crippen LogP contribution in [-0.4, -0.2) is 62.6 Å². The minimum Gasteiger partial charge on any atom is -0.380 e. The molecule has 0 spiro atoms. The molecule has 2 aromatic carbocycles. The maximum Gasteiger partial charge on any atom is 0.128 e. The highest BCUT2D eigenvalue weighted by molar-refractivity contribution is 7.99. The maximum atomic E-state index is 5.79. The number of halogens is 2. The molecular weight excluding hydrogens is 471 g/mol. The lowest BCUT2D eigenvalue weighted by atomic mass is 10.2. The van der Waals surface area contributed by atoms with Crippen molar-refractivity contribution in [3.8, 4) is 0 Å². The minimum absolute atomic E-state index is 0. The first-order valence-electron chi connectivity index (χ1n) is 9.99. The monoisotopic (exact) mass is 498 g/mol. The van der Waals surface area contributed by atoms with Gasteiger partial charge in [-0.25, -0.2) is 0 Å². The number of rotatable bonds is 10. The van der Waals surface area contributed by atoms with E-state index in [0.717, 1.165) is 62.6 Å². The van der Waals surface area contributed by atoms with Crippen LogP contribution in [0.4, 0.5) is 0 Å². The lowest BCUT2D eigenvalue weighted by Crippen LogP contribution is -2.19.